The Morgan fingerprint density at radius 1 is 0.708 bits per heavy atom. The number of amides is 6. The number of Topliss-reactive ketones (excluding diaryl/α,β-unsaturated/α-hetero) is 2. The fourth-order valence-corrected chi connectivity index (χ4v) is 13.2. The van der Waals surface area contributed by atoms with Crippen LogP contribution in [-0.4, -0.2) is 117 Å². The number of carbonyl (C=O) groups excluding carboxylic acids is 8. The molecule has 0 spiro atoms. The summed E-state index contributed by atoms with van der Waals surface area (Å²) >= 11 is 3.23. The average Bonchev–Trinajstić information content (AvgIpc) is 3.68. The highest BCUT2D eigenvalue weighted by Crippen LogP contribution is 2.48. The van der Waals surface area contributed by atoms with E-state index in [9.17, 15) is 38.4 Å². The minimum absolute atomic E-state index is 0.00278. The van der Waals surface area contributed by atoms with E-state index >= 15 is 0 Å². The smallest absolute Gasteiger partial charge is 0.247 e. The van der Waals surface area contributed by atoms with E-state index < -0.39 is 70.7 Å². The van der Waals surface area contributed by atoms with Gasteiger partial charge in [-0.1, -0.05) is 114 Å². The number of carbonyl (C=O) groups is 8. The molecule has 4 aliphatic heterocycles. The molecule has 386 valence electrons. The molecule has 0 saturated carbocycles. The summed E-state index contributed by atoms with van der Waals surface area (Å²) in [6.07, 6.45) is 3.00. The van der Waals surface area contributed by atoms with Crippen molar-refractivity contribution in [2.45, 2.75) is 147 Å². The lowest BCUT2D eigenvalue weighted by molar-refractivity contribution is -0.145. The molecule has 0 aromatic heterocycles. The number of ketones is 2. The van der Waals surface area contributed by atoms with E-state index in [0.29, 0.717) is 54.7 Å². The van der Waals surface area contributed by atoms with E-state index in [1.54, 1.807) is 95.8 Å². The van der Waals surface area contributed by atoms with Crippen LogP contribution >= 0.6 is 23.5 Å². The van der Waals surface area contributed by atoms with Gasteiger partial charge in [-0.15, -0.1) is 23.5 Å². The molecule has 15 nitrogen and oxygen atoms in total. The van der Waals surface area contributed by atoms with Crippen LogP contribution < -0.4 is 26.6 Å². The highest BCUT2D eigenvalue weighted by molar-refractivity contribution is 8.00. The number of nitrogens with zero attached hydrogens (tertiary/aromatic N) is 2. The SMILES string of the molecule is CC[C@@H](C)C(=O)N[C@H]1CCS[C@H]2CC(C)(C)[C@@H](C(=O)N[C@H](C(=O)CCC#CC#CCNC(=O)[C@@H](NC(=O)[C@H]3N4C(=O)[C@@H](CC(=O)[C@H](C)NC)CCS[C@H]4CC3(C)C)c3ccccc3)c3ccccc3)N2C1=O. The molecule has 0 bridgehead atoms. The van der Waals surface area contributed by atoms with Gasteiger partial charge in [0, 0.05) is 31.1 Å². The van der Waals surface area contributed by atoms with Gasteiger partial charge in [-0.25, -0.2) is 0 Å². The Hall–Kier alpha value is -5.62. The zero-order chi connectivity index (χ0) is 52.3. The topological polar surface area (TPSA) is 203 Å². The second-order valence-electron chi connectivity index (χ2n) is 20.7. The van der Waals surface area contributed by atoms with Crippen molar-refractivity contribution in [3.8, 4) is 23.7 Å². The number of thioether (sulfide) groups is 2. The molecule has 17 heteroatoms. The van der Waals surface area contributed by atoms with Crippen LogP contribution in [0.2, 0.25) is 0 Å². The Morgan fingerprint density at radius 2 is 1.24 bits per heavy atom. The zero-order valence-electron chi connectivity index (χ0n) is 42.8. The number of likely N-dealkylation sites (N-methyl/N-ethyl adjacent to an activating group) is 1. The molecule has 6 amide bonds. The van der Waals surface area contributed by atoms with E-state index in [1.165, 1.54) is 0 Å². The minimum Gasteiger partial charge on any atom is -0.344 e. The summed E-state index contributed by atoms with van der Waals surface area (Å²) in [5.41, 5.74) is -0.0995. The molecule has 4 heterocycles. The Bertz CT molecular complexity index is 2300. The van der Waals surface area contributed by atoms with Gasteiger partial charge in [-0.05, 0) is 91.4 Å². The van der Waals surface area contributed by atoms with E-state index in [-0.39, 0.29) is 71.8 Å². The van der Waals surface area contributed by atoms with Gasteiger partial charge in [0.05, 0.1) is 23.3 Å². The van der Waals surface area contributed by atoms with Crippen LogP contribution in [0, 0.1) is 46.3 Å². The van der Waals surface area contributed by atoms with Gasteiger partial charge < -0.3 is 36.4 Å². The molecule has 2 aromatic rings. The Kier molecular flexibility index (Phi) is 19.2. The quantitative estimate of drug-likeness (QED) is 0.125. The zero-order valence-corrected chi connectivity index (χ0v) is 44.4. The normalized spacial score (nSPS) is 24.7. The third kappa shape index (κ3) is 13.3. The van der Waals surface area contributed by atoms with E-state index in [4.69, 9.17) is 0 Å². The number of nitrogens with one attached hydrogen (secondary N) is 5. The Labute approximate surface area is 433 Å². The molecular weight excluding hydrogens is 951 g/mol. The molecule has 2 aromatic carbocycles. The van der Waals surface area contributed by atoms with Crippen LogP contribution in [0.4, 0.5) is 0 Å². The average molecular weight is 1020 g/mol. The lowest BCUT2D eigenvalue weighted by Crippen LogP contribution is -2.57. The molecule has 72 heavy (non-hydrogen) atoms. The molecule has 0 unspecified atom stereocenters. The first-order chi connectivity index (χ1) is 34.3. The molecule has 6 rings (SSSR count). The van der Waals surface area contributed by atoms with Gasteiger partial charge in [0.2, 0.25) is 35.4 Å². The molecule has 4 fully saturated rings. The number of fused-ring (bicyclic) bond motifs is 2. The highest BCUT2D eigenvalue weighted by Gasteiger charge is 2.56. The summed E-state index contributed by atoms with van der Waals surface area (Å²) < 4.78 is 0. The lowest BCUT2D eigenvalue weighted by Gasteiger charge is -2.35. The van der Waals surface area contributed by atoms with Gasteiger partial charge in [-0.2, -0.15) is 0 Å². The minimum atomic E-state index is -1.10. The molecule has 4 aliphatic rings. The van der Waals surface area contributed by atoms with Crippen molar-refractivity contribution in [2.75, 3.05) is 25.1 Å². The molecular formula is C55H71N7O8S2. The number of hydrogen-bond donors (Lipinski definition) is 5. The van der Waals surface area contributed by atoms with Crippen molar-refractivity contribution in [1.29, 1.82) is 0 Å². The summed E-state index contributed by atoms with van der Waals surface area (Å²) in [5.74, 6) is 9.29. The van der Waals surface area contributed by atoms with Gasteiger partial charge in [0.15, 0.2) is 5.78 Å². The van der Waals surface area contributed by atoms with Crippen LogP contribution in [-0.2, 0) is 38.4 Å². The largest absolute Gasteiger partial charge is 0.344 e. The van der Waals surface area contributed by atoms with Crippen molar-refractivity contribution in [3.05, 3.63) is 71.8 Å². The summed E-state index contributed by atoms with van der Waals surface area (Å²) in [7, 11) is 1.70. The molecule has 4 saturated heterocycles. The van der Waals surface area contributed by atoms with Crippen LogP contribution in [0.25, 0.3) is 0 Å². The van der Waals surface area contributed by atoms with Crippen LogP contribution in [0.1, 0.15) is 123 Å². The summed E-state index contributed by atoms with van der Waals surface area (Å²) in [6.45, 7) is 13.2. The predicted molar refractivity (Wildman–Crippen MR) is 280 cm³/mol. The number of rotatable bonds is 18. The van der Waals surface area contributed by atoms with Gasteiger partial charge in [0.1, 0.15) is 36.0 Å². The third-order valence-electron chi connectivity index (χ3n) is 14.5. The number of hydrogen-bond acceptors (Lipinski definition) is 11. The summed E-state index contributed by atoms with van der Waals surface area (Å²) in [5, 5.41) is 14.1. The van der Waals surface area contributed by atoms with Gasteiger partial charge in [-0.3, -0.25) is 38.4 Å². The Morgan fingerprint density at radius 3 is 1.81 bits per heavy atom. The maximum atomic E-state index is 14.4. The van der Waals surface area contributed by atoms with Crippen LogP contribution in [0.5, 0.6) is 0 Å². The van der Waals surface area contributed by atoms with Crippen LogP contribution in [0.3, 0.4) is 0 Å². The van der Waals surface area contributed by atoms with E-state index in [2.05, 4.69) is 50.3 Å². The Balaban J connectivity index is 1.08. The van der Waals surface area contributed by atoms with Crippen molar-refractivity contribution in [2.24, 2.45) is 22.7 Å². The highest BCUT2D eigenvalue weighted by atomic mass is 32.2. The standard InChI is InChI=1S/C55H71N7O8S2/c1-9-34(2)48(65)58-39-27-30-72-43-33-55(6,7)47(62(43)53(39)70)50(67)59-44(36-21-15-13-16-22-36)40(63)25-19-11-10-12-20-28-57-49(66)45(37-23-17-14-18-24-37)60-51(68)46-54(4,5)32-42-61(46)52(69)38(26-29-71-42)31-41(64)35(3)56-8/h13-18,21-24,34-35,38-39,42-47,56H,9,19,25-33H2,1-8H3,(H,57,66)(H,58,65)(H,59,67)(H,60,68)/t34-,35+,38-,39+,42+,43+,44+,45+,46-,47-/m1/s1. The molecule has 0 radical (unpaired) electrons. The molecule has 10 atom stereocenters. The van der Waals surface area contributed by atoms with Crippen molar-refractivity contribution in [1.82, 2.24) is 36.4 Å². The third-order valence-corrected chi connectivity index (χ3v) is 17.0. The lowest BCUT2D eigenvalue weighted by atomic mass is 9.83. The maximum Gasteiger partial charge on any atom is 0.247 e. The maximum absolute atomic E-state index is 14.4. The summed E-state index contributed by atoms with van der Waals surface area (Å²) in [6, 6.07) is 12.8. The summed E-state index contributed by atoms with van der Waals surface area (Å²) in [4.78, 5) is 114. The fraction of sp³-hybridized carbons (Fsp3) is 0.564. The van der Waals surface area contributed by atoms with Crippen LogP contribution in [0.15, 0.2) is 60.7 Å². The van der Waals surface area contributed by atoms with Crippen molar-refractivity contribution >= 4 is 70.5 Å². The second-order valence-corrected chi connectivity index (χ2v) is 23.2. The first kappa shape index (κ1) is 55.7. The van der Waals surface area contributed by atoms with E-state index in [0.717, 1.165) is 0 Å². The first-order valence-corrected chi connectivity index (χ1v) is 27.2. The monoisotopic (exact) mass is 1020 g/mol. The fourth-order valence-electron chi connectivity index (χ4n) is 10.0. The predicted octanol–water partition coefficient (Wildman–Crippen LogP) is 5.07. The van der Waals surface area contributed by atoms with Crippen molar-refractivity contribution < 1.29 is 38.4 Å². The molecule has 0 aliphatic carbocycles. The van der Waals surface area contributed by atoms with Crippen molar-refractivity contribution in [3.63, 3.8) is 0 Å². The first-order valence-electron chi connectivity index (χ1n) is 25.1. The number of benzene rings is 2. The van der Waals surface area contributed by atoms with E-state index in [1.807, 2.05) is 53.7 Å². The second kappa shape index (κ2) is 24.9. The van der Waals surface area contributed by atoms with Gasteiger partial charge in [0.25, 0.3) is 0 Å². The molecule has 5 N–H and O–H groups in total. The van der Waals surface area contributed by atoms with Gasteiger partial charge >= 0.3 is 0 Å².